The largest absolute Gasteiger partial charge is 0.136 e. The molecule has 4 heteroatoms. The molecule has 0 fully saturated rings. The Balaban J connectivity index is 0.000000162. The van der Waals surface area contributed by atoms with Gasteiger partial charge in [0.2, 0.25) is 0 Å². The summed E-state index contributed by atoms with van der Waals surface area (Å²) in [6.07, 6.45) is 5.82. The minimum atomic E-state index is 0.973. The van der Waals surface area contributed by atoms with Crippen LogP contribution in [-0.2, 0) is 6.42 Å². The van der Waals surface area contributed by atoms with Crippen molar-refractivity contribution in [1.82, 2.24) is 20.6 Å². The summed E-state index contributed by atoms with van der Waals surface area (Å²) in [5, 5.41) is 13.1. The number of aromatic nitrogens is 4. The van der Waals surface area contributed by atoms with E-state index in [1.807, 2.05) is 24.3 Å². The lowest BCUT2D eigenvalue weighted by atomic mass is 10.2. The highest BCUT2D eigenvalue weighted by molar-refractivity contribution is 5.16. The van der Waals surface area contributed by atoms with Gasteiger partial charge in [0.15, 0.2) is 0 Å². The second kappa shape index (κ2) is 7.32. The van der Waals surface area contributed by atoms with Crippen LogP contribution >= 0.6 is 0 Å². The minimum absolute atomic E-state index is 0.973. The van der Waals surface area contributed by atoms with Crippen molar-refractivity contribution in [2.24, 2.45) is 0 Å². The van der Waals surface area contributed by atoms with E-state index in [4.69, 9.17) is 0 Å². The van der Waals surface area contributed by atoms with E-state index in [1.165, 1.54) is 18.0 Å². The predicted octanol–water partition coefficient (Wildman–Crippen LogP) is 1.68. The highest BCUT2D eigenvalue weighted by atomic mass is 15.4. The molecule has 15 heavy (non-hydrogen) atoms. The molecule has 0 unspecified atom stereocenters. The molecule has 1 aromatic carbocycles. The number of hydrogen-bond donors (Lipinski definition) is 0. The number of benzene rings is 1. The van der Waals surface area contributed by atoms with E-state index in [-0.39, 0.29) is 0 Å². The van der Waals surface area contributed by atoms with Crippen LogP contribution in [0, 0.1) is 0 Å². The predicted molar refractivity (Wildman–Crippen MR) is 58.0 cm³/mol. The van der Waals surface area contributed by atoms with Gasteiger partial charge in [-0.25, -0.2) is 0 Å². The molecule has 0 bridgehead atoms. The summed E-state index contributed by atoms with van der Waals surface area (Å²) in [5.41, 5.74) is 1.33. The first kappa shape index (κ1) is 11.0. The number of rotatable bonds is 2. The first-order chi connectivity index (χ1) is 7.43. The van der Waals surface area contributed by atoms with Crippen LogP contribution in [0.5, 0.6) is 0 Å². The normalized spacial score (nSPS) is 8.53. The van der Waals surface area contributed by atoms with E-state index in [2.05, 4.69) is 39.3 Å². The summed E-state index contributed by atoms with van der Waals surface area (Å²) in [4.78, 5) is 0. The molecule has 0 aliphatic rings. The highest BCUT2D eigenvalue weighted by Crippen LogP contribution is 1.98. The molecule has 2 rings (SSSR count). The molecule has 0 saturated carbocycles. The fourth-order valence-corrected chi connectivity index (χ4v) is 0.946. The molecular weight excluding hydrogens is 188 g/mol. The SMILES string of the molecule is C=CCc1ccccc1.c1cnnnn1. The second-order valence-electron chi connectivity index (χ2n) is 2.69. The Bertz CT molecular complexity index is 334. The van der Waals surface area contributed by atoms with Crippen molar-refractivity contribution < 1.29 is 0 Å². The van der Waals surface area contributed by atoms with Crippen molar-refractivity contribution in [2.45, 2.75) is 6.42 Å². The molecule has 1 aromatic heterocycles. The van der Waals surface area contributed by atoms with E-state index in [0.717, 1.165) is 6.42 Å². The van der Waals surface area contributed by atoms with Gasteiger partial charge in [0.1, 0.15) is 0 Å². The Hall–Kier alpha value is -2.10. The molecule has 0 atom stereocenters. The molecule has 0 N–H and O–H groups in total. The molecule has 0 radical (unpaired) electrons. The summed E-state index contributed by atoms with van der Waals surface area (Å²) in [6.45, 7) is 3.66. The maximum atomic E-state index is 3.66. The average molecular weight is 200 g/mol. The molecule has 2 aromatic rings. The zero-order valence-corrected chi connectivity index (χ0v) is 8.32. The van der Waals surface area contributed by atoms with Crippen molar-refractivity contribution >= 4 is 0 Å². The third-order valence-electron chi connectivity index (χ3n) is 1.57. The molecule has 0 saturated heterocycles. The monoisotopic (exact) mass is 200 g/mol. The Morgan fingerprint density at radius 3 is 2.00 bits per heavy atom. The van der Waals surface area contributed by atoms with Gasteiger partial charge in [-0.3, -0.25) is 0 Å². The molecule has 4 nitrogen and oxygen atoms in total. The van der Waals surface area contributed by atoms with Crippen molar-refractivity contribution in [2.75, 3.05) is 0 Å². The molecule has 0 aliphatic carbocycles. The van der Waals surface area contributed by atoms with Crippen LogP contribution in [0.4, 0.5) is 0 Å². The third kappa shape index (κ3) is 5.25. The Kier molecular flexibility index (Phi) is 5.36. The Morgan fingerprint density at radius 2 is 1.60 bits per heavy atom. The number of allylic oxidation sites excluding steroid dienone is 1. The van der Waals surface area contributed by atoms with Crippen LogP contribution < -0.4 is 0 Å². The quantitative estimate of drug-likeness (QED) is 0.692. The topological polar surface area (TPSA) is 51.6 Å². The molecule has 1 heterocycles. The standard InChI is InChI=1S/C9H10.C2H2N4/c1-2-6-9-7-4-3-5-8-9;1-2-4-6-5-3-1/h2-5,7-8H,1,6H2;1-2H. The fourth-order valence-electron chi connectivity index (χ4n) is 0.946. The van der Waals surface area contributed by atoms with Crippen LogP contribution in [0.1, 0.15) is 5.56 Å². The maximum absolute atomic E-state index is 3.66. The van der Waals surface area contributed by atoms with Crippen LogP contribution in [0.15, 0.2) is 55.4 Å². The van der Waals surface area contributed by atoms with E-state index in [0.29, 0.717) is 0 Å². The van der Waals surface area contributed by atoms with Crippen molar-refractivity contribution in [3.63, 3.8) is 0 Å². The lowest BCUT2D eigenvalue weighted by molar-refractivity contribution is 0.761. The number of hydrogen-bond acceptors (Lipinski definition) is 4. The highest BCUT2D eigenvalue weighted by Gasteiger charge is 1.82. The van der Waals surface area contributed by atoms with Gasteiger partial charge in [-0.1, -0.05) is 36.4 Å². The lowest BCUT2D eigenvalue weighted by Crippen LogP contribution is -1.84. The minimum Gasteiger partial charge on any atom is -0.136 e. The van der Waals surface area contributed by atoms with Gasteiger partial charge in [0.25, 0.3) is 0 Å². The van der Waals surface area contributed by atoms with Crippen LogP contribution in [-0.4, -0.2) is 20.6 Å². The summed E-state index contributed by atoms with van der Waals surface area (Å²) >= 11 is 0. The van der Waals surface area contributed by atoms with E-state index in [1.54, 1.807) is 0 Å². The summed E-state index contributed by atoms with van der Waals surface area (Å²) < 4.78 is 0. The van der Waals surface area contributed by atoms with Gasteiger partial charge in [-0.15, -0.1) is 16.8 Å². The van der Waals surface area contributed by atoms with Gasteiger partial charge < -0.3 is 0 Å². The summed E-state index contributed by atoms with van der Waals surface area (Å²) in [7, 11) is 0. The van der Waals surface area contributed by atoms with Crippen molar-refractivity contribution in [3.05, 3.63) is 60.9 Å². The first-order valence-electron chi connectivity index (χ1n) is 4.53. The van der Waals surface area contributed by atoms with E-state index in [9.17, 15) is 0 Å². The van der Waals surface area contributed by atoms with Crippen molar-refractivity contribution in [1.29, 1.82) is 0 Å². The van der Waals surface area contributed by atoms with E-state index < -0.39 is 0 Å². The third-order valence-corrected chi connectivity index (χ3v) is 1.57. The average Bonchev–Trinajstić information content (AvgIpc) is 2.34. The van der Waals surface area contributed by atoms with E-state index >= 15 is 0 Å². The Labute approximate surface area is 88.7 Å². The zero-order valence-electron chi connectivity index (χ0n) is 8.32. The lowest BCUT2D eigenvalue weighted by Gasteiger charge is -1.91. The second-order valence-corrected chi connectivity index (χ2v) is 2.69. The number of nitrogens with zero attached hydrogens (tertiary/aromatic N) is 4. The van der Waals surface area contributed by atoms with Crippen molar-refractivity contribution in [3.8, 4) is 0 Å². The van der Waals surface area contributed by atoms with Gasteiger partial charge in [0, 0.05) is 0 Å². The van der Waals surface area contributed by atoms with Gasteiger partial charge >= 0.3 is 0 Å². The van der Waals surface area contributed by atoms with Gasteiger partial charge in [-0.2, -0.15) is 0 Å². The molecule has 0 aliphatic heterocycles. The zero-order chi connectivity index (χ0) is 10.8. The van der Waals surface area contributed by atoms with Crippen LogP contribution in [0.3, 0.4) is 0 Å². The summed E-state index contributed by atoms with van der Waals surface area (Å²) in [5.74, 6) is 0. The first-order valence-corrected chi connectivity index (χ1v) is 4.53. The van der Waals surface area contributed by atoms with Gasteiger partial charge in [-0.05, 0) is 22.4 Å². The molecule has 76 valence electrons. The molecule has 0 spiro atoms. The smallest absolute Gasteiger partial charge is 0.0716 e. The Morgan fingerprint density at radius 1 is 1.00 bits per heavy atom. The molecular formula is C11H12N4. The summed E-state index contributed by atoms with van der Waals surface area (Å²) in [6, 6.07) is 10.3. The van der Waals surface area contributed by atoms with Gasteiger partial charge in [0.05, 0.1) is 12.4 Å². The van der Waals surface area contributed by atoms with Crippen LogP contribution in [0.2, 0.25) is 0 Å². The fraction of sp³-hybridized carbons (Fsp3) is 0.0909. The maximum Gasteiger partial charge on any atom is 0.0716 e. The molecule has 0 amide bonds. The van der Waals surface area contributed by atoms with Crippen LogP contribution in [0.25, 0.3) is 0 Å².